The molecule has 0 aromatic carbocycles. The number of carboxylic acids is 1. The molecule has 15 heavy (non-hydrogen) atoms. The van der Waals surface area contributed by atoms with E-state index in [0.29, 0.717) is 0 Å². The maximum atomic E-state index is 12.1. The Hall–Kier alpha value is -0.710. The van der Waals surface area contributed by atoms with Crippen LogP contribution in [-0.4, -0.2) is 23.8 Å². The Bertz CT molecular complexity index is 217. The Morgan fingerprint density at radius 1 is 1.53 bits per heavy atom. The number of carboxylic acid groups (broad SMARTS) is 1. The molecule has 3 nitrogen and oxygen atoms in total. The molecular weight excluding hydrogens is 206 g/mol. The van der Waals surface area contributed by atoms with Crippen LogP contribution in [0.1, 0.15) is 32.6 Å². The number of rotatable bonds is 6. The van der Waals surface area contributed by atoms with Gasteiger partial charge < -0.3 is 9.84 Å². The van der Waals surface area contributed by atoms with Gasteiger partial charge in [0.15, 0.2) is 0 Å². The molecule has 1 rings (SSSR count). The van der Waals surface area contributed by atoms with Crippen molar-refractivity contribution in [2.45, 2.75) is 45.3 Å². The van der Waals surface area contributed by atoms with Crippen molar-refractivity contribution in [3.8, 4) is 0 Å². The lowest BCUT2D eigenvalue weighted by atomic mass is 9.78. The molecule has 0 heterocycles. The average Bonchev–Trinajstić information content (AvgIpc) is 1.98. The zero-order chi connectivity index (χ0) is 11.4. The molecule has 0 aromatic heterocycles. The summed E-state index contributed by atoms with van der Waals surface area (Å²) in [7, 11) is 0. The van der Waals surface area contributed by atoms with Gasteiger partial charge in [0.25, 0.3) is 0 Å². The molecule has 0 bridgehead atoms. The summed E-state index contributed by atoms with van der Waals surface area (Å²) in [6, 6.07) is 0. The second-order valence-electron chi connectivity index (χ2n) is 4.10. The van der Waals surface area contributed by atoms with Crippen molar-refractivity contribution in [3.63, 3.8) is 0 Å². The predicted molar refractivity (Wildman–Crippen MR) is 49.6 cm³/mol. The Kier molecular flexibility index (Phi) is 4.45. The average molecular weight is 222 g/mol. The molecule has 0 spiro atoms. The van der Waals surface area contributed by atoms with Crippen LogP contribution in [0.5, 0.6) is 0 Å². The maximum absolute atomic E-state index is 12.1. The van der Waals surface area contributed by atoms with Gasteiger partial charge in [0, 0.05) is 0 Å². The second-order valence-corrected chi connectivity index (χ2v) is 4.10. The normalized spacial score (nSPS) is 21.1. The van der Waals surface area contributed by atoms with Crippen LogP contribution in [0, 0.1) is 11.8 Å². The summed E-state index contributed by atoms with van der Waals surface area (Å²) in [4.78, 5) is 10.6. The fourth-order valence-electron chi connectivity index (χ4n) is 1.75. The first-order valence-corrected chi connectivity index (χ1v) is 5.17. The van der Waals surface area contributed by atoms with E-state index < -0.39 is 24.6 Å². The molecule has 5 heteroatoms. The third-order valence-electron chi connectivity index (χ3n) is 2.96. The Balaban J connectivity index is 2.44. The van der Waals surface area contributed by atoms with Gasteiger partial charge in [-0.25, -0.2) is 0 Å². The van der Waals surface area contributed by atoms with Crippen molar-refractivity contribution >= 4 is 5.97 Å². The summed E-state index contributed by atoms with van der Waals surface area (Å²) in [6.45, 7) is -1.29. The van der Waals surface area contributed by atoms with Crippen LogP contribution in [0.25, 0.3) is 0 Å². The summed E-state index contributed by atoms with van der Waals surface area (Å²) < 4.78 is 28.7. The topological polar surface area (TPSA) is 46.5 Å². The minimum Gasteiger partial charge on any atom is -0.481 e. The van der Waals surface area contributed by atoms with Gasteiger partial charge in [-0.3, -0.25) is 4.79 Å². The minimum absolute atomic E-state index is 0.112. The Morgan fingerprint density at radius 2 is 2.13 bits per heavy atom. The standard InChI is InChI=1S/C10H16F2O3/c1-6(9(13)14)5-8(15-10(11)12)7-3-2-4-7/h6-8,10H,2-5H2,1H3,(H,13,14). The van der Waals surface area contributed by atoms with Gasteiger partial charge >= 0.3 is 12.6 Å². The molecular formula is C10H16F2O3. The van der Waals surface area contributed by atoms with Gasteiger partial charge in [0.2, 0.25) is 0 Å². The first kappa shape index (κ1) is 12.4. The smallest absolute Gasteiger partial charge is 0.345 e. The zero-order valence-corrected chi connectivity index (χ0v) is 8.66. The largest absolute Gasteiger partial charge is 0.481 e. The molecule has 2 unspecified atom stereocenters. The van der Waals surface area contributed by atoms with Crippen molar-refractivity contribution in [3.05, 3.63) is 0 Å². The van der Waals surface area contributed by atoms with Gasteiger partial charge in [-0.2, -0.15) is 8.78 Å². The van der Waals surface area contributed by atoms with E-state index in [1.165, 1.54) is 6.92 Å². The van der Waals surface area contributed by atoms with Gasteiger partial charge in [-0.1, -0.05) is 13.3 Å². The molecule has 1 N–H and O–H groups in total. The summed E-state index contributed by atoms with van der Waals surface area (Å²) >= 11 is 0. The number of hydrogen-bond donors (Lipinski definition) is 1. The molecule has 0 radical (unpaired) electrons. The van der Waals surface area contributed by atoms with Crippen LogP contribution in [0.15, 0.2) is 0 Å². The second kappa shape index (κ2) is 5.39. The Labute approximate surface area is 87.4 Å². The number of carbonyl (C=O) groups is 1. The summed E-state index contributed by atoms with van der Waals surface area (Å²) in [5.74, 6) is -1.48. The highest BCUT2D eigenvalue weighted by molar-refractivity contribution is 5.69. The number of ether oxygens (including phenoxy) is 1. The first-order valence-electron chi connectivity index (χ1n) is 5.17. The first-order chi connectivity index (χ1) is 7.00. The number of hydrogen-bond acceptors (Lipinski definition) is 2. The highest BCUT2D eigenvalue weighted by Crippen LogP contribution is 2.34. The van der Waals surface area contributed by atoms with Crippen LogP contribution >= 0.6 is 0 Å². The van der Waals surface area contributed by atoms with Crippen LogP contribution in [0.4, 0.5) is 8.78 Å². The fraction of sp³-hybridized carbons (Fsp3) is 0.900. The van der Waals surface area contributed by atoms with Crippen LogP contribution in [0.2, 0.25) is 0 Å². The number of halogens is 2. The molecule has 1 aliphatic carbocycles. The van der Waals surface area contributed by atoms with Crippen LogP contribution in [-0.2, 0) is 9.53 Å². The van der Waals surface area contributed by atoms with E-state index in [1.54, 1.807) is 0 Å². The molecule has 1 saturated carbocycles. The van der Waals surface area contributed by atoms with Crippen molar-refractivity contribution in [2.24, 2.45) is 11.8 Å². The van der Waals surface area contributed by atoms with Crippen molar-refractivity contribution in [1.82, 2.24) is 0 Å². The van der Waals surface area contributed by atoms with Crippen LogP contribution in [0.3, 0.4) is 0 Å². The summed E-state index contributed by atoms with van der Waals surface area (Å²) in [5.41, 5.74) is 0. The molecule has 2 atom stereocenters. The SMILES string of the molecule is CC(CC(OC(F)F)C1CCC1)C(=O)O. The van der Waals surface area contributed by atoms with Gasteiger partial charge in [0.1, 0.15) is 0 Å². The van der Waals surface area contributed by atoms with Gasteiger partial charge in [-0.05, 0) is 25.2 Å². The molecule has 88 valence electrons. The van der Waals surface area contributed by atoms with Gasteiger partial charge in [0.05, 0.1) is 12.0 Å². The third kappa shape index (κ3) is 3.74. The maximum Gasteiger partial charge on any atom is 0.345 e. The van der Waals surface area contributed by atoms with E-state index in [2.05, 4.69) is 4.74 Å². The van der Waals surface area contributed by atoms with E-state index in [9.17, 15) is 13.6 Å². The predicted octanol–water partition coefficient (Wildman–Crippen LogP) is 2.51. The molecule has 1 fully saturated rings. The molecule has 0 aromatic rings. The lowest BCUT2D eigenvalue weighted by Crippen LogP contribution is -2.33. The monoisotopic (exact) mass is 222 g/mol. The number of alkyl halides is 2. The van der Waals surface area contributed by atoms with E-state index >= 15 is 0 Å². The zero-order valence-electron chi connectivity index (χ0n) is 8.66. The highest BCUT2D eigenvalue weighted by Gasteiger charge is 2.32. The lowest BCUT2D eigenvalue weighted by Gasteiger charge is -2.34. The van der Waals surface area contributed by atoms with Gasteiger partial charge in [-0.15, -0.1) is 0 Å². The van der Waals surface area contributed by atoms with Crippen molar-refractivity contribution in [2.75, 3.05) is 0 Å². The summed E-state index contributed by atoms with van der Waals surface area (Å²) in [5, 5.41) is 8.69. The fourth-order valence-corrected chi connectivity index (χ4v) is 1.75. The molecule has 0 amide bonds. The van der Waals surface area contributed by atoms with Crippen LogP contribution < -0.4 is 0 Å². The van der Waals surface area contributed by atoms with Crippen molar-refractivity contribution < 1.29 is 23.4 Å². The van der Waals surface area contributed by atoms with Crippen molar-refractivity contribution in [1.29, 1.82) is 0 Å². The van der Waals surface area contributed by atoms with E-state index in [1.807, 2.05) is 0 Å². The molecule has 0 aliphatic heterocycles. The molecule has 1 aliphatic rings. The molecule has 0 saturated heterocycles. The third-order valence-corrected chi connectivity index (χ3v) is 2.96. The van der Waals surface area contributed by atoms with E-state index in [-0.39, 0.29) is 12.3 Å². The summed E-state index contributed by atoms with van der Waals surface area (Å²) in [6.07, 6.45) is 2.32. The Morgan fingerprint density at radius 3 is 2.47 bits per heavy atom. The van der Waals surface area contributed by atoms with E-state index in [4.69, 9.17) is 5.11 Å². The van der Waals surface area contributed by atoms with E-state index in [0.717, 1.165) is 19.3 Å². The quantitative estimate of drug-likeness (QED) is 0.751. The lowest BCUT2D eigenvalue weighted by molar-refractivity contribution is -0.189. The highest BCUT2D eigenvalue weighted by atomic mass is 19.3. The number of aliphatic carboxylic acids is 1. The minimum atomic E-state index is -2.81.